The van der Waals surface area contributed by atoms with Crippen molar-refractivity contribution in [2.45, 2.75) is 44.7 Å². The SMILES string of the molecule is CCC(=C[C@H](CCOC(c1ccccc1)(c1ccccc1)c1ccccc1)OCc1ccccc1)OCc1ccccc1. The second-order valence-corrected chi connectivity index (χ2v) is 10.5. The molecule has 0 bridgehead atoms. The van der Waals surface area contributed by atoms with Crippen molar-refractivity contribution in [1.29, 1.82) is 0 Å². The predicted octanol–water partition coefficient (Wildman–Crippen LogP) is 9.48. The molecule has 5 aromatic rings. The van der Waals surface area contributed by atoms with Crippen molar-refractivity contribution in [3.8, 4) is 0 Å². The molecule has 218 valence electrons. The molecule has 5 rings (SSSR count). The molecule has 0 aliphatic carbocycles. The van der Waals surface area contributed by atoms with E-state index in [2.05, 4.69) is 110 Å². The van der Waals surface area contributed by atoms with Gasteiger partial charge in [-0.25, -0.2) is 0 Å². The molecule has 0 aromatic heterocycles. The third-order valence-corrected chi connectivity index (χ3v) is 7.56. The van der Waals surface area contributed by atoms with Crippen LogP contribution in [0.4, 0.5) is 0 Å². The lowest BCUT2D eigenvalue weighted by Gasteiger charge is -2.36. The Morgan fingerprint density at radius 3 is 1.44 bits per heavy atom. The van der Waals surface area contributed by atoms with Crippen molar-refractivity contribution < 1.29 is 14.2 Å². The van der Waals surface area contributed by atoms with E-state index in [1.807, 2.05) is 54.6 Å². The zero-order chi connectivity index (χ0) is 29.6. The van der Waals surface area contributed by atoms with Crippen LogP contribution >= 0.6 is 0 Å². The molecule has 0 spiro atoms. The van der Waals surface area contributed by atoms with Crippen LogP contribution in [0.2, 0.25) is 0 Å². The molecule has 0 saturated carbocycles. The van der Waals surface area contributed by atoms with Crippen LogP contribution < -0.4 is 0 Å². The largest absolute Gasteiger partial charge is 0.494 e. The molecule has 0 saturated heterocycles. The minimum Gasteiger partial charge on any atom is -0.494 e. The summed E-state index contributed by atoms with van der Waals surface area (Å²) in [5, 5.41) is 0. The molecule has 0 aliphatic rings. The summed E-state index contributed by atoms with van der Waals surface area (Å²) in [7, 11) is 0. The Morgan fingerprint density at radius 1 is 0.581 bits per heavy atom. The highest BCUT2D eigenvalue weighted by molar-refractivity contribution is 5.47. The summed E-state index contributed by atoms with van der Waals surface area (Å²) in [6.45, 7) is 3.64. The van der Waals surface area contributed by atoms with Gasteiger partial charge in [-0.2, -0.15) is 0 Å². The first-order valence-corrected chi connectivity index (χ1v) is 15.1. The maximum absolute atomic E-state index is 7.06. The Bertz CT molecular complexity index is 1400. The highest BCUT2D eigenvalue weighted by Gasteiger charge is 2.37. The lowest BCUT2D eigenvalue weighted by molar-refractivity contribution is -0.0164. The average Bonchev–Trinajstić information content (AvgIpc) is 3.09. The fraction of sp³-hybridized carbons (Fsp3) is 0.200. The van der Waals surface area contributed by atoms with Gasteiger partial charge < -0.3 is 14.2 Å². The Kier molecular flexibility index (Phi) is 11.0. The lowest BCUT2D eigenvalue weighted by atomic mass is 9.80. The first-order chi connectivity index (χ1) is 21.3. The van der Waals surface area contributed by atoms with E-state index in [0.717, 1.165) is 40.0 Å². The number of allylic oxidation sites excluding steroid dienone is 1. The Hall–Kier alpha value is -4.44. The van der Waals surface area contributed by atoms with Gasteiger partial charge >= 0.3 is 0 Å². The van der Waals surface area contributed by atoms with Gasteiger partial charge in [-0.05, 0) is 33.9 Å². The van der Waals surface area contributed by atoms with Crippen LogP contribution in [-0.2, 0) is 33.0 Å². The van der Waals surface area contributed by atoms with Crippen molar-refractivity contribution in [3.63, 3.8) is 0 Å². The van der Waals surface area contributed by atoms with Crippen LogP contribution in [0.15, 0.2) is 163 Å². The summed E-state index contributed by atoms with van der Waals surface area (Å²) in [6, 6.07) is 52.0. The fourth-order valence-electron chi connectivity index (χ4n) is 5.31. The van der Waals surface area contributed by atoms with Crippen LogP contribution in [0.3, 0.4) is 0 Å². The van der Waals surface area contributed by atoms with Crippen molar-refractivity contribution in [1.82, 2.24) is 0 Å². The number of hydrogen-bond acceptors (Lipinski definition) is 3. The van der Waals surface area contributed by atoms with Crippen LogP contribution in [0.1, 0.15) is 47.6 Å². The minimum absolute atomic E-state index is 0.189. The number of rotatable bonds is 15. The second-order valence-electron chi connectivity index (χ2n) is 10.5. The molecule has 0 fully saturated rings. The van der Waals surface area contributed by atoms with E-state index in [9.17, 15) is 0 Å². The summed E-state index contributed by atoms with van der Waals surface area (Å²) in [5.74, 6) is 0.919. The average molecular weight is 569 g/mol. The second kappa shape index (κ2) is 15.7. The molecule has 0 heterocycles. The van der Waals surface area contributed by atoms with Crippen molar-refractivity contribution in [2.75, 3.05) is 6.61 Å². The number of benzene rings is 5. The minimum atomic E-state index is -0.769. The smallest absolute Gasteiger partial charge is 0.143 e. The molecule has 0 aliphatic heterocycles. The van der Waals surface area contributed by atoms with E-state index in [-0.39, 0.29) is 6.10 Å². The molecular formula is C40H40O3. The van der Waals surface area contributed by atoms with Crippen molar-refractivity contribution in [2.24, 2.45) is 0 Å². The molecule has 3 nitrogen and oxygen atoms in total. The van der Waals surface area contributed by atoms with Crippen molar-refractivity contribution >= 4 is 0 Å². The maximum atomic E-state index is 7.06. The lowest BCUT2D eigenvalue weighted by Crippen LogP contribution is -2.34. The van der Waals surface area contributed by atoms with Crippen LogP contribution in [0.25, 0.3) is 0 Å². The zero-order valence-electron chi connectivity index (χ0n) is 24.8. The van der Waals surface area contributed by atoms with Gasteiger partial charge in [-0.3, -0.25) is 0 Å². The first kappa shape index (κ1) is 30.0. The number of ether oxygens (including phenoxy) is 3. The summed E-state index contributed by atoms with van der Waals surface area (Å²) in [5.41, 5.74) is 4.78. The van der Waals surface area contributed by atoms with Gasteiger partial charge in [0.25, 0.3) is 0 Å². The monoisotopic (exact) mass is 568 g/mol. The maximum Gasteiger partial charge on any atom is 0.143 e. The van der Waals surface area contributed by atoms with Crippen molar-refractivity contribution in [3.05, 3.63) is 191 Å². The van der Waals surface area contributed by atoms with Crippen LogP contribution in [-0.4, -0.2) is 12.7 Å². The third kappa shape index (κ3) is 8.10. The quantitative estimate of drug-likeness (QED) is 0.0930. The summed E-state index contributed by atoms with van der Waals surface area (Å²) in [6.07, 6.45) is 3.39. The normalized spacial score (nSPS) is 12.5. The molecule has 0 N–H and O–H groups in total. The van der Waals surface area contributed by atoms with Gasteiger partial charge in [0.1, 0.15) is 12.2 Å². The molecule has 43 heavy (non-hydrogen) atoms. The molecule has 0 amide bonds. The van der Waals surface area contributed by atoms with Gasteiger partial charge in [-0.1, -0.05) is 159 Å². The Morgan fingerprint density at radius 2 is 1.00 bits per heavy atom. The Labute approximate surface area is 256 Å². The molecule has 1 atom stereocenters. The highest BCUT2D eigenvalue weighted by atomic mass is 16.5. The molecule has 0 radical (unpaired) electrons. The van der Waals surface area contributed by atoms with E-state index < -0.39 is 5.60 Å². The molecular weight excluding hydrogens is 528 g/mol. The van der Waals surface area contributed by atoms with Gasteiger partial charge in [0.05, 0.1) is 25.1 Å². The van der Waals surface area contributed by atoms with E-state index in [1.165, 1.54) is 0 Å². The van der Waals surface area contributed by atoms with Gasteiger partial charge in [0.15, 0.2) is 0 Å². The van der Waals surface area contributed by atoms with Crippen LogP contribution in [0.5, 0.6) is 0 Å². The van der Waals surface area contributed by atoms with Gasteiger partial charge in [0, 0.05) is 12.8 Å². The first-order valence-electron chi connectivity index (χ1n) is 15.1. The summed E-state index contributed by atoms with van der Waals surface area (Å²) < 4.78 is 19.8. The van der Waals surface area contributed by atoms with Gasteiger partial charge in [-0.15, -0.1) is 0 Å². The standard InChI is InChI=1S/C40H40O3/c1-2-38(41-31-33-18-8-3-9-19-33)30-39(42-32-34-20-10-4-11-21-34)28-29-43-40(35-22-12-5-13-23-35,36-24-14-6-15-25-36)37-26-16-7-17-27-37/h3-27,30,39H,2,28-29,31-32H2,1H3/t39-/m0/s1. The number of hydrogen-bond donors (Lipinski definition) is 0. The highest BCUT2D eigenvalue weighted by Crippen LogP contribution is 2.40. The topological polar surface area (TPSA) is 27.7 Å². The van der Waals surface area contributed by atoms with E-state index in [0.29, 0.717) is 26.2 Å². The summed E-state index contributed by atoms with van der Waals surface area (Å²) in [4.78, 5) is 0. The van der Waals surface area contributed by atoms with E-state index in [1.54, 1.807) is 0 Å². The Balaban J connectivity index is 1.41. The van der Waals surface area contributed by atoms with Crippen LogP contribution in [0, 0.1) is 0 Å². The molecule has 0 unspecified atom stereocenters. The van der Waals surface area contributed by atoms with Gasteiger partial charge in [0.2, 0.25) is 0 Å². The third-order valence-electron chi connectivity index (χ3n) is 7.56. The van der Waals surface area contributed by atoms with E-state index in [4.69, 9.17) is 14.2 Å². The fourth-order valence-corrected chi connectivity index (χ4v) is 5.31. The van der Waals surface area contributed by atoms with E-state index >= 15 is 0 Å². The molecule has 5 aromatic carbocycles. The zero-order valence-corrected chi connectivity index (χ0v) is 24.8. The predicted molar refractivity (Wildman–Crippen MR) is 174 cm³/mol. The molecule has 3 heteroatoms. The summed E-state index contributed by atoms with van der Waals surface area (Å²) >= 11 is 0.